The highest BCUT2D eigenvalue weighted by Gasteiger charge is 2.37. The summed E-state index contributed by atoms with van der Waals surface area (Å²) in [6.45, 7) is 0.387. The Bertz CT molecular complexity index is 1050. The Morgan fingerprint density at radius 3 is 2.50 bits per heavy atom. The Morgan fingerprint density at radius 1 is 1.18 bits per heavy atom. The molecule has 0 saturated carbocycles. The molecule has 1 heterocycles. The van der Waals surface area contributed by atoms with Gasteiger partial charge in [0.15, 0.2) is 0 Å². The minimum atomic E-state index is -4.71. The van der Waals surface area contributed by atoms with Gasteiger partial charge in [-0.15, -0.1) is 0 Å². The molecule has 2 aromatic carbocycles. The molecule has 3 rings (SSSR count). The highest BCUT2D eigenvalue weighted by atomic mass is 19.4. The summed E-state index contributed by atoms with van der Waals surface area (Å²) in [7, 11) is 0. The molecule has 0 spiro atoms. The number of primary amides is 1. The first-order valence-corrected chi connectivity index (χ1v) is 8.26. The number of benzene rings is 2. The van der Waals surface area contributed by atoms with E-state index in [4.69, 9.17) is 11.0 Å². The van der Waals surface area contributed by atoms with Crippen molar-refractivity contribution < 1.29 is 18.0 Å². The van der Waals surface area contributed by atoms with Crippen molar-refractivity contribution >= 4 is 5.91 Å². The normalized spacial score (nSPS) is 11.2. The number of alkyl halides is 3. The van der Waals surface area contributed by atoms with E-state index in [1.165, 1.54) is 24.7 Å². The molecule has 0 atom stereocenters. The molecule has 0 aliphatic rings. The molecule has 0 saturated heterocycles. The Morgan fingerprint density at radius 2 is 1.89 bits per heavy atom. The highest BCUT2D eigenvalue weighted by Crippen LogP contribution is 2.35. The Labute approximate surface area is 158 Å². The Hall–Kier alpha value is -3.60. The van der Waals surface area contributed by atoms with Gasteiger partial charge in [0.05, 0.1) is 29.1 Å². The van der Waals surface area contributed by atoms with Crippen LogP contribution in [0.5, 0.6) is 0 Å². The van der Waals surface area contributed by atoms with Crippen LogP contribution < -0.4 is 5.73 Å². The van der Waals surface area contributed by atoms with E-state index in [0.29, 0.717) is 17.8 Å². The second kappa shape index (κ2) is 7.56. The minimum Gasteiger partial charge on any atom is -0.366 e. The van der Waals surface area contributed by atoms with Gasteiger partial charge >= 0.3 is 6.18 Å². The fourth-order valence-electron chi connectivity index (χ4n) is 3.00. The van der Waals surface area contributed by atoms with E-state index >= 15 is 0 Å². The van der Waals surface area contributed by atoms with E-state index in [1.54, 1.807) is 28.8 Å². The van der Waals surface area contributed by atoms with Crippen molar-refractivity contribution in [2.75, 3.05) is 0 Å². The molecule has 0 aliphatic heterocycles. The molecule has 0 radical (unpaired) electrons. The molecule has 0 fully saturated rings. The SMILES string of the molecule is N#Cc1ccc(Cn2cncc2Cc2cccc(C(N)=O)c2C(F)(F)F)cc1. The molecule has 8 heteroatoms. The summed E-state index contributed by atoms with van der Waals surface area (Å²) in [4.78, 5) is 15.5. The molecule has 1 aromatic heterocycles. The number of carbonyl (C=O) groups excluding carboxylic acids is 1. The lowest BCUT2D eigenvalue weighted by molar-refractivity contribution is -0.138. The van der Waals surface area contributed by atoms with Gasteiger partial charge in [-0.25, -0.2) is 4.98 Å². The second-order valence-electron chi connectivity index (χ2n) is 6.20. The first-order valence-electron chi connectivity index (χ1n) is 8.26. The van der Waals surface area contributed by atoms with Crippen LogP contribution in [0.3, 0.4) is 0 Å². The maximum absolute atomic E-state index is 13.6. The fourth-order valence-corrected chi connectivity index (χ4v) is 3.00. The fraction of sp³-hybridized carbons (Fsp3) is 0.150. The van der Waals surface area contributed by atoms with Crippen molar-refractivity contribution in [1.29, 1.82) is 5.26 Å². The standard InChI is InChI=1S/C20H15F3N4O/c21-20(22,23)18-15(2-1-3-17(18)19(25)28)8-16-10-26-12-27(16)11-14-6-4-13(9-24)5-7-14/h1-7,10,12H,8,11H2,(H2,25,28). The number of carbonyl (C=O) groups is 1. The van der Waals surface area contributed by atoms with Crippen LogP contribution in [-0.2, 0) is 19.1 Å². The molecule has 5 nitrogen and oxygen atoms in total. The van der Waals surface area contributed by atoms with Crippen LogP contribution in [-0.4, -0.2) is 15.5 Å². The quantitative estimate of drug-likeness (QED) is 0.731. The van der Waals surface area contributed by atoms with E-state index in [0.717, 1.165) is 11.6 Å². The highest BCUT2D eigenvalue weighted by molar-refractivity contribution is 5.95. The molecule has 3 aromatic rings. The Balaban J connectivity index is 1.94. The minimum absolute atomic E-state index is 0.0506. The van der Waals surface area contributed by atoms with E-state index in [-0.39, 0.29) is 12.0 Å². The van der Waals surface area contributed by atoms with Gasteiger partial charge in [-0.05, 0) is 29.3 Å². The third kappa shape index (κ3) is 4.04. The molecular formula is C20H15F3N4O. The predicted octanol–water partition coefficient (Wildman–Crippen LogP) is 3.51. The number of hydrogen-bond donors (Lipinski definition) is 1. The van der Waals surface area contributed by atoms with E-state index in [2.05, 4.69) is 4.98 Å². The molecule has 0 aliphatic carbocycles. The molecular weight excluding hydrogens is 369 g/mol. The molecule has 0 unspecified atom stereocenters. The number of nitrogens with zero attached hydrogens (tertiary/aromatic N) is 3. The average molecular weight is 384 g/mol. The summed E-state index contributed by atoms with van der Waals surface area (Å²) in [5.74, 6) is -1.12. The number of aromatic nitrogens is 2. The number of halogens is 3. The van der Waals surface area contributed by atoms with Gasteiger partial charge in [0, 0.05) is 24.9 Å². The monoisotopic (exact) mass is 384 g/mol. The summed E-state index contributed by atoms with van der Waals surface area (Å²) >= 11 is 0. The van der Waals surface area contributed by atoms with Crippen LogP contribution >= 0.6 is 0 Å². The maximum atomic E-state index is 13.6. The van der Waals surface area contributed by atoms with Crippen LogP contribution in [0.1, 0.15) is 38.3 Å². The van der Waals surface area contributed by atoms with E-state index < -0.39 is 23.2 Å². The van der Waals surface area contributed by atoms with Crippen LogP contribution in [0.4, 0.5) is 13.2 Å². The molecule has 2 N–H and O–H groups in total. The second-order valence-corrected chi connectivity index (χ2v) is 6.20. The van der Waals surface area contributed by atoms with Crippen LogP contribution in [0.15, 0.2) is 55.0 Å². The summed E-state index contributed by atoms with van der Waals surface area (Å²) < 4.78 is 42.4. The number of rotatable bonds is 5. The third-order valence-electron chi connectivity index (χ3n) is 4.31. The lowest BCUT2D eigenvalue weighted by Gasteiger charge is -2.16. The molecule has 142 valence electrons. The zero-order chi connectivity index (χ0) is 20.3. The summed E-state index contributed by atoms with van der Waals surface area (Å²) in [6.07, 6.45) is -1.76. The average Bonchev–Trinajstić information content (AvgIpc) is 3.08. The molecule has 1 amide bonds. The molecule has 28 heavy (non-hydrogen) atoms. The lowest BCUT2D eigenvalue weighted by Crippen LogP contribution is -2.21. The number of nitriles is 1. The summed E-state index contributed by atoms with van der Waals surface area (Å²) in [5, 5.41) is 8.86. The Kier molecular flexibility index (Phi) is 5.18. The number of hydrogen-bond acceptors (Lipinski definition) is 3. The van der Waals surface area contributed by atoms with Crippen molar-refractivity contribution in [2.45, 2.75) is 19.1 Å². The predicted molar refractivity (Wildman–Crippen MR) is 95.3 cm³/mol. The number of imidazole rings is 1. The largest absolute Gasteiger partial charge is 0.417 e. The van der Waals surface area contributed by atoms with Gasteiger partial charge in [0.1, 0.15) is 0 Å². The first kappa shape index (κ1) is 19.2. The topological polar surface area (TPSA) is 84.7 Å². The first-order chi connectivity index (χ1) is 13.3. The number of amides is 1. The van der Waals surface area contributed by atoms with Crippen molar-refractivity contribution in [2.24, 2.45) is 5.73 Å². The van der Waals surface area contributed by atoms with Gasteiger partial charge < -0.3 is 10.3 Å². The van der Waals surface area contributed by atoms with E-state index in [9.17, 15) is 18.0 Å². The van der Waals surface area contributed by atoms with Crippen molar-refractivity contribution in [1.82, 2.24) is 9.55 Å². The number of nitrogens with two attached hydrogens (primary N) is 1. The molecule has 0 bridgehead atoms. The van der Waals surface area contributed by atoms with Crippen LogP contribution in [0, 0.1) is 11.3 Å². The van der Waals surface area contributed by atoms with Crippen LogP contribution in [0.25, 0.3) is 0 Å². The van der Waals surface area contributed by atoms with Gasteiger partial charge in [-0.3, -0.25) is 4.79 Å². The van der Waals surface area contributed by atoms with Crippen molar-refractivity contribution in [3.05, 3.63) is 88.5 Å². The lowest BCUT2D eigenvalue weighted by atomic mass is 9.96. The summed E-state index contributed by atoms with van der Waals surface area (Å²) in [6, 6.07) is 12.7. The van der Waals surface area contributed by atoms with Gasteiger partial charge in [0.2, 0.25) is 5.91 Å². The van der Waals surface area contributed by atoms with Gasteiger partial charge in [-0.2, -0.15) is 18.4 Å². The smallest absolute Gasteiger partial charge is 0.366 e. The zero-order valence-electron chi connectivity index (χ0n) is 14.6. The van der Waals surface area contributed by atoms with Crippen molar-refractivity contribution in [3.8, 4) is 6.07 Å². The van der Waals surface area contributed by atoms with Gasteiger partial charge in [-0.1, -0.05) is 24.3 Å². The van der Waals surface area contributed by atoms with Gasteiger partial charge in [0.25, 0.3) is 0 Å². The maximum Gasteiger partial charge on any atom is 0.417 e. The van der Waals surface area contributed by atoms with Crippen molar-refractivity contribution in [3.63, 3.8) is 0 Å². The third-order valence-corrected chi connectivity index (χ3v) is 4.31. The van der Waals surface area contributed by atoms with Crippen LogP contribution in [0.2, 0.25) is 0 Å². The van der Waals surface area contributed by atoms with E-state index in [1.807, 2.05) is 6.07 Å². The summed E-state index contributed by atoms with van der Waals surface area (Å²) in [5.41, 5.74) is 5.46. The zero-order valence-corrected chi connectivity index (χ0v) is 14.6.